The Balaban J connectivity index is -0.0000000267. The van der Waals surface area contributed by atoms with Crippen molar-refractivity contribution in [3.8, 4) is 0 Å². The Morgan fingerprint density at radius 3 is 1.00 bits per heavy atom. The monoisotopic (exact) mass is 550 g/mol. The summed E-state index contributed by atoms with van der Waals surface area (Å²) in [5.74, 6) is 0. The van der Waals surface area contributed by atoms with E-state index >= 15 is 0 Å². The second kappa shape index (κ2) is 5.40. The number of halogens is 4. The third-order valence-electron chi connectivity index (χ3n) is 0. The smallest absolute Gasteiger partial charge is 1.00 e. The summed E-state index contributed by atoms with van der Waals surface area (Å²) in [6.45, 7) is 0. The molecule has 0 saturated heterocycles. The van der Waals surface area contributed by atoms with E-state index in [0.29, 0.717) is 0 Å². The first kappa shape index (κ1) is 12.3. The average molecular weight is 553 g/mol. The molecule has 0 heterocycles. The molecule has 36 valence electrons. The van der Waals surface area contributed by atoms with Crippen molar-refractivity contribution in [2.45, 2.75) is 0 Å². The summed E-state index contributed by atoms with van der Waals surface area (Å²) >= 11 is 11.4. The molecule has 0 aliphatic heterocycles. The summed E-state index contributed by atoms with van der Waals surface area (Å²) in [6, 6.07) is 0. The van der Waals surface area contributed by atoms with Gasteiger partial charge in [-0.05, 0) is 0 Å². The molecular weight excluding hydrogens is 551 g/mol. The van der Waals surface area contributed by atoms with Crippen molar-refractivity contribution in [2.24, 2.45) is 0 Å². The molecule has 0 aromatic heterocycles. The molecular formula is H2Br4MgPb. The van der Waals surface area contributed by atoms with Crippen molar-refractivity contribution >= 4 is 82.5 Å². The minimum Gasteiger partial charge on any atom is -1.00 e. The van der Waals surface area contributed by atoms with Crippen molar-refractivity contribution in [3.05, 3.63) is 0 Å². The summed E-state index contributed by atoms with van der Waals surface area (Å²) in [7, 11) is 0. The van der Waals surface area contributed by atoms with Gasteiger partial charge in [0.2, 0.25) is 0 Å². The fraction of sp³-hybridized carbons (Fsp3) is 0. The van der Waals surface area contributed by atoms with Crippen molar-refractivity contribution < 1.29 is 2.85 Å². The molecule has 0 unspecified atom stereocenters. The van der Waals surface area contributed by atoms with Crippen LogP contribution in [-0.4, -0.2) is 34.6 Å². The maximum Gasteiger partial charge on any atom is 2.00 e. The molecule has 0 N–H and O–H groups in total. The summed E-state index contributed by atoms with van der Waals surface area (Å²) in [4.78, 5) is 0. The van der Waals surface area contributed by atoms with Gasteiger partial charge in [-0.3, -0.25) is 0 Å². The molecule has 0 radical (unpaired) electrons. The third-order valence-corrected chi connectivity index (χ3v) is 0. The summed E-state index contributed by atoms with van der Waals surface area (Å²) in [5.41, 5.74) is 0. The zero-order valence-corrected chi connectivity index (χ0v) is 14.4. The first-order valence-electron chi connectivity index (χ1n) is 0.756. The van der Waals surface area contributed by atoms with E-state index in [9.17, 15) is 0 Å². The SMILES string of the molecule is [Br][Pb]([Br])([Br])[Br].[H-].[H-].[Mg+2]. The molecule has 0 saturated carbocycles. The van der Waals surface area contributed by atoms with Gasteiger partial charge in [-0.15, -0.1) is 0 Å². The molecule has 0 aromatic rings. The number of hydrogen-bond acceptors (Lipinski definition) is 0. The molecule has 0 amide bonds. The Morgan fingerprint density at radius 2 is 1.00 bits per heavy atom. The minimum atomic E-state index is -2.03. The molecule has 0 spiro atoms. The van der Waals surface area contributed by atoms with Gasteiger partial charge in [0.1, 0.15) is 0 Å². The van der Waals surface area contributed by atoms with Gasteiger partial charge in [0.05, 0.1) is 0 Å². The molecule has 0 aliphatic carbocycles. The Bertz CT molecular complexity index is 29.5. The van der Waals surface area contributed by atoms with Crippen LogP contribution in [0.1, 0.15) is 2.85 Å². The van der Waals surface area contributed by atoms with E-state index in [1.807, 2.05) is 0 Å². The zero-order valence-electron chi connectivity index (χ0n) is 4.72. The van der Waals surface area contributed by atoms with Gasteiger partial charge in [0.25, 0.3) is 0 Å². The normalized spacial score (nSPS) is 10.0. The standard InChI is InChI=1S/4BrH.Mg.Pb.2H/h4*1H;;;;/q;;;;+2;+4;2*-1/p-4. The quantitative estimate of drug-likeness (QED) is 0.406. The molecule has 6 heteroatoms. The fourth-order valence-electron chi connectivity index (χ4n) is 0. The van der Waals surface area contributed by atoms with Gasteiger partial charge < -0.3 is 2.85 Å². The van der Waals surface area contributed by atoms with Crippen molar-refractivity contribution in [2.75, 3.05) is 0 Å². The van der Waals surface area contributed by atoms with Gasteiger partial charge in [-0.2, -0.15) is 0 Å². The number of rotatable bonds is 0. The Kier molecular flexibility index (Phi) is 11.1. The van der Waals surface area contributed by atoms with Crippen LogP contribution >= 0.6 is 47.9 Å². The molecule has 0 bridgehead atoms. The maximum absolute atomic E-state index is 3.35. The first-order valence-corrected chi connectivity index (χ1v) is 34.5. The topological polar surface area (TPSA) is 0 Å². The van der Waals surface area contributed by atoms with Crippen LogP contribution < -0.4 is 0 Å². The first-order chi connectivity index (χ1) is 2.00. The third kappa shape index (κ3) is 25.5. The molecule has 6 heavy (non-hydrogen) atoms. The van der Waals surface area contributed by atoms with Gasteiger partial charge in [0.15, 0.2) is 0 Å². The maximum atomic E-state index is 3.35. The van der Waals surface area contributed by atoms with Crippen molar-refractivity contribution in [3.63, 3.8) is 0 Å². The minimum absolute atomic E-state index is 0. The van der Waals surface area contributed by atoms with Crippen molar-refractivity contribution in [1.29, 1.82) is 0 Å². The second-order valence-corrected chi connectivity index (χ2v) is 102. The average Bonchev–Trinajstić information content (AvgIpc) is 0.722. The molecule has 0 aliphatic rings. The molecule has 0 atom stereocenters. The van der Waals surface area contributed by atoms with E-state index in [1.165, 1.54) is 0 Å². The van der Waals surface area contributed by atoms with E-state index in [2.05, 4.69) is 47.9 Å². The summed E-state index contributed by atoms with van der Waals surface area (Å²) in [6.07, 6.45) is 0. The van der Waals surface area contributed by atoms with Crippen LogP contribution in [0.4, 0.5) is 0 Å². The number of hydrogen-bond donors (Lipinski definition) is 0. The van der Waals surface area contributed by atoms with E-state index in [4.69, 9.17) is 0 Å². The van der Waals surface area contributed by atoms with Gasteiger partial charge in [-0.1, -0.05) is 0 Å². The fourth-order valence-corrected chi connectivity index (χ4v) is 0. The largest absolute Gasteiger partial charge is 2.00 e. The molecule has 0 fully saturated rings. The van der Waals surface area contributed by atoms with Gasteiger partial charge in [0, 0.05) is 0 Å². The van der Waals surface area contributed by atoms with Crippen LogP contribution in [0.3, 0.4) is 0 Å². The van der Waals surface area contributed by atoms with Crippen LogP contribution in [0.25, 0.3) is 0 Å². The van der Waals surface area contributed by atoms with Crippen LogP contribution in [0.2, 0.25) is 0 Å². The summed E-state index contributed by atoms with van der Waals surface area (Å²) in [5, 5.41) is 0. The Hall–Kier alpha value is 3.61. The second-order valence-electron chi connectivity index (χ2n) is 0.429. The molecule has 0 aromatic carbocycles. The van der Waals surface area contributed by atoms with E-state index in [-0.39, 0.29) is 25.9 Å². The predicted molar refractivity (Wildman–Crippen MR) is 49.4 cm³/mol. The van der Waals surface area contributed by atoms with E-state index in [0.717, 1.165) is 0 Å². The van der Waals surface area contributed by atoms with Crippen LogP contribution in [0.15, 0.2) is 0 Å². The molecule has 0 rings (SSSR count). The predicted octanol–water partition coefficient (Wildman–Crippen LogP) is 2.85. The van der Waals surface area contributed by atoms with Crippen LogP contribution in [0.5, 0.6) is 0 Å². The Morgan fingerprint density at radius 1 is 1.00 bits per heavy atom. The van der Waals surface area contributed by atoms with Crippen LogP contribution in [0, 0.1) is 0 Å². The van der Waals surface area contributed by atoms with Gasteiger partial charge in [-0.25, -0.2) is 0 Å². The van der Waals surface area contributed by atoms with E-state index < -0.39 is 11.5 Å². The zero-order chi connectivity index (χ0) is 4.50. The Labute approximate surface area is 83.2 Å². The van der Waals surface area contributed by atoms with Gasteiger partial charge >= 0.3 is 82.5 Å². The van der Waals surface area contributed by atoms with Crippen LogP contribution in [-0.2, 0) is 0 Å². The van der Waals surface area contributed by atoms with E-state index in [1.54, 1.807) is 0 Å². The molecule has 0 nitrogen and oxygen atoms in total. The summed E-state index contributed by atoms with van der Waals surface area (Å²) < 4.78 is 0. The van der Waals surface area contributed by atoms with Crippen molar-refractivity contribution in [1.82, 2.24) is 0 Å².